The van der Waals surface area contributed by atoms with Crippen LogP contribution in [0.25, 0.3) is 0 Å². The van der Waals surface area contributed by atoms with Gasteiger partial charge in [-0.05, 0) is 67.6 Å². The Labute approximate surface area is 184 Å². The van der Waals surface area contributed by atoms with E-state index in [-0.39, 0.29) is 11.9 Å². The van der Waals surface area contributed by atoms with Gasteiger partial charge in [0.15, 0.2) is 0 Å². The molecule has 1 unspecified atom stereocenters. The third-order valence-electron chi connectivity index (χ3n) is 5.70. The molecule has 2 aromatic rings. The number of anilines is 3. The minimum atomic E-state index is -0.198. The van der Waals surface area contributed by atoms with Gasteiger partial charge in [-0.3, -0.25) is 4.79 Å². The van der Waals surface area contributed by atoms with Crippen LogP contribution in [0.1, 0.15) is 44.6 Å². The van der Waals surface area contributed by atoms with Gasteiger partial charge in [0.25, 0.3) is 0 Å². The molecule has 2 aromatic carbocycles. The highest BCUT2D eigenvalue weighted by molar-refractivity contribution is 6.30. The van der Waals surface area contributed by atoms with Crippen molar-refractivity contribution in [1.29, 1.82) is 0 Å². The SMILES string of the molecule is CCN(c1ccc(C(C)CC(=O)OC)cc1Nc1ccc(Cl)cc1)C1CCOCC1. The van der Waals surface area contributed by atoms with Gasteiger partial charge in [-0.2, -0.15) is 0 Å². The number of halogens is 1. The Morgan fingerprint density at radius 1 is 1.23 bits per heavy atom. The molecule has 0 aromatic heterocycles. The zero-order valence-corrected chi connectivity index (χ0v) is 18.7. The predicted molar refractivity (Wildman–Crippen MR) is 123 cm³/mol. The number of nitrogens with zero attached hydrogens (tertiary/aromatic N) is 1. The summed E-state index contributed by atoms with van der Waals surface area (Å²) in [6.07, 6.45) is 2.40. The molecule has 162 valence electrons. The van der Waals surface area contributed by atoms with Crippen LogP contribution in [0.4, 0.5) is 17.1 Å². The Morgan fingerprint density at radius 3 is 2.57 bits per heavy atom. The lowest BCUT2D eigenvalue weighted by Gasteiger charge is -2.36. The van der Waals surface area contributed by atoms with Crippen LogP contribution in [0.3, 0.4) is 0 Å². The van der Waals surface area contributed by atoms with Crippen molar-refractivity contribution < 1.29 is 14.3 Å². The standard InChI is InChI=1S/C24H31ClN2O3/c1-4-27(21-11-13-30-14-12-21)23-10-5-18(17(2)15-24(28)29-3)16-22(23)26-20-8-6-19(25)7-9-20/h5-10,16-17,21,26H,4,11-15H2,1-3H3. The second-order valence-corrected chi connectivity index (χ2v) is 8.16. The maximum absolute atomic E-state index is 11.8. The van der Waals surface area contributed by atoms with E-state index in [1.165, 1.54) is 7.11 Å². The first-order valence-electron chi connectivity index (χ1n) is 10.6. The number of ether oxygens (including phenoxy) is 2. The average molecular weight is 431 g/mol. The molecule has 1 heterocycles. The van der Waals surface area contributed by atoms with Crippen molar-refractivity contribution in [2.75, 3.05) is 37.1 Å². The van der Waals surface area contributed by atoms with Crippen molar-refractivity contribution in [3.05, 3.63) is 53.1 Å². The molecule has 0 saturated carbocycles. The molecule has 0 aliphatic carbocycles. The third-order valence-corrected chi connectivity index (χ3v) is 5.95. The summed E-state index contributed by atoms with van der Waals surface area (Å²) in [5, 5.41) is 4.28. The summed E-state index contributed by atoms with van der Waals surface area (Å²) in [5.41, 5.74) is 4.26. The Morgan fingerprint density at radius 2 is 1.93 bits per heavy atom. The molecular formula is C24H31ClN2O3. The van der Waals surface area contributed by atoms with Crippen LogP contribution in [0, 0.1) is 0 Å². The van der Waals surface area contributed by atoms with Gasteiger partial charge in [-0.1, -0.05) is 24.6 Å². The van der Waals surface area contributed by atoms with E-state index >= 15 is 0 Å². The quantitative estimate of drug-likeness (QED) is 0.540. The molecule has 5 nitrogen and oxygen atoms in total. The molecule has 3 rings (SSSR count). The summed E-state index contributed by atoms with van der Waals surface area (Å²) < 4.78 is 10.4. The van der Waals surface area contributed by atoms with Crippen molar-refractivity contribution >= 4 is 34.6 Å². The summed E-state index contributed by atoms with van der Waals surface area (Å²) in [6, 6.07) is 14.6. The van der Waals surface area contributed by atoms with Crippen molar-refractivity contribution in [3.8, 4) is 0 Å². The number of benzene rings is 2. The molecular weight excluding hydrogens is 400 g/mol. The van der Waals surface area contributed by atoms with Gasteiger partial charge in [-0.25, -0.2) is 0 Å². The number of methoxy groups -OCH3 is 1. The summed E-state index contributed by atoms with van der Waals surface area (Å²) in [5.74, 6) is -0.133. The number of nitrogens with one attached hydrogen (secondary N) is 1. The summed E-state index contributed by atoms with van der Waals surface area (Å²) >= 11 is 6.06. The van der Waals surface area contributed by atoms with Gasteiger partial charge in [0, 0.05) is 36.5 Å². The molecule has 0 spiro atoms. The second-order valence-electron chi connectivity index (χ2n) is 7.72. The van der Waals surface area contributed by atoms with E-state index in [0.717, 1.165) is 55.2 Å². The monoisotopic (exact) mass is 430 g/mol. The molecule has 0 radical (unpaired) electrons. The molecule has 1 fully saturated rings. The number of esters is 1. The third kappa shape index (κ3) is 5.67. The molecule has 6 heteroatoms. The molecule has 1 N–H and O–H groups in total. The minimum Gasteiger partial charge on any atom is -0.469 e. The lowest BCUT2D eigenvalue weighted by atomic mass is 9.96. The first-order chi connectivity index (χ1) is 14.5. The van der Waals surface area contributed by atoms with Gasteiger partial charge < -0.3 is 19.7 Å². The van der Waals surface area contributed by atoms with Crippen LogP contribution < -0.4 is 10.2 Å². The molecule has 1 aliphatic rings. The second kappa shape index (κ2) is 10.7. The molecule has 1 saturated heterocycles. The van der Waals surface area contributed by atoms with E-state index < -0.39 is 0 Å². The Bertz CT molecular complexity index is 835. The van der Waals surface area contributed by atoms with Crippen LogP contribution >= 0.6 is 11.6 Å². The van der Waals surface area contributed by atoms with Gasteiger partial charge in [-0.15, -0.1) is 0 Å². The van der Waals surface area contributed by atoms with Crippen LogP contribution in [0.5, 0.6) is 0 Å². The summed E-state index contributed by atoms with van der Waals surface area (Å²) in [6.45, 7) is 6.76. The van der Waals surface area contributed by atoms with Crippen LogP contribution in [-0.2, 0) is 14.3 Å². The summed E-state index contributed by atoms with van der Waals surface area (Å²) in [4.78, 5) is 14.2. The highest BCUT2D eigenvalue weighted by Gasteiger charge is 2.23. The van der Waals surface area contributed by atoms with E-state index in [9.17, 15) is 4.79 Å². The predicted octanol–water partition coefficient (Wildman–Crippen LogP) is 5.76. The number of carbonyl (C=O) groups excluding carboxylic acids is 1. The molecule has 0 bridgehead atoms. The van der Waals surface area contributed by atoms with Gasteiger partial charge in [0.1, 0.15) is 0 Å². The molecule has 1 atom stereocenters. The topological polar surface area (TPSA) is 50.8 Å². The summed E-state index contributed by atoms with van der Waals surface area (Å²) in [7, 11) is 1.43. The Hall–Kier alpha value is -2.24. The largest absolute Gasteiger partial charge is 0.469 e. The van der Waals surface area contributed by atoms with E-state index in [2.05, 4.69) is 35.3 Å². The fourth-order valence-electron chi connectivity index (χ4n) is 3.97. The number of carbonyl (C=O) groups is 1. The van der Waals surface area contributed by atoms with Crippen LogP contribution in [0.2, 0.25) is 5.02 Å². The number of hydrogen-bond acceptors (Lipinski definition) is 5. The first-order valence-corrected chi connectivity index (χ1v) is 11.0. The van der Waals surface area contributed by atoms with E-state index in [1.54, 1.807) is 0 Å². The highest BCUT2D eigenvalue weighted by Crippen LogP contribution is 2.35. The van der Waals surface area contributed by atoms with Crippen molar-refractivity contribution in [2.45, 2.75) is 45.1 Å². The van der Waals surface area contributed by atoms with Gasteiger partial charge in [0.05, 0.1) is 24.9 Å². The number of rotatable bonds is 8. The van der Waals surface area contributed by atoms with Crippen LogP contribution in [-0.4, -0.2) is 38.9 Å². The Kier molecular flexibility index (Phi) is 8.00. The average Bonchev–Trinajstić information content (AvgIpc) is 2.77. The molecule has 30 heavy (non-hydrogen) atoms. The highest BCUT2D eigenvalue weighted by atomic mass is 35.5. The lowest BCUT2D eigenvalue weighted by Crippen LogP contribution is -2.39. The van der Waals surface area contributed by atoms with Gasteiger partial charge in [0.2, 0.25) is 0 Å². The van der Waals surface area contributed by atoms with Crippen molar-refractivity contribution in [1.82, 2.24) is 0 Å². The lowest BCUT2D eigenvalue weighted by molar-refractivity contribution is -0.140. The normalized spacial score (nSPS) is 15.5. The number of hydrogen-bond donors (Lipinski definition) is 1. The molecule has 0 amide bonds. The van der Waals surface area contributed by atoms with Crippen LogP contribution in [0.15, 0.2) is 42.5 Å². The smallest absolute Gasteiger partial charge is 0.306 e. The fourth-order valence-corrected chi connectivity index (χ4v) is 4.10. The maximum atomic E-state index is 11.8. The van der Waals surface area contributed by atoms with E-state index in [0.29, 0.717) is 17.5 Å². The molecule has 1 aliphatic heterocycles. The minimum absolute atomic E-state index is 0.0652. The van der Waals surface area contributed by atoms with Crippen molar-refractivity contribution in [2.24, 2.45) is 0 Å². The first kappa shape index (κ1) is 22.4. The van der Waals surface area contributed by atoms with Crippen molar-refractivity contribution in [3.63, 3.8) is 0 Å². The maximum Gasteiger partial charge on any atom is 0.306 e. The Balaban J connectivity index is 1.94. The fraction of sp³-hybridized carbons (Fsp3) is 0.458. The van der Waals surface area contributed by atoms with E-state index in [4.69, 9.17) is 21.1 Å². The zero-order valence-electron chi connectivity index (χ0n) is 18.0. The van der Waals surface area contributed by atoms with E-state index in [1.807, 2.05) is 31.2 Å². The van der Waals surface area contributed by atoms with Gasteiger partial charge >= 0.3 is 5.97 Å². The zero-order chi connectivity index (χ0) is 21.5.